The summed E-state index contributed by atoms with van der Waals surface area (Å²) in [6.07, 6.45) is 1.99. The van der Waals surface area contributed by atoms with E-state index in [4.69, 9.17) is 11.5 Å². The van der Waals surface area contributed by atoms with Gasteiger partial charge in [-0.3, -0.25) is 0 Å². The molecule has 0 aliphatic carbocycles. The number of nitrogens with two attached hydrogens (primary N) is 2. The van der Waals surface area contributed by atoms with E-state index < -0.39 is 0 Å². The summed E-state index contributed by atoms with van der Waals surface area (Å²) in [4.78, 5) is 0. The fourth-order valence-corrected chi connectivity index (χ4v) is 1.87. The molecule has 0 aliphatic rings. The van der Waals surface area contributed by atoms with E-state index >= 15 is 0 Å². The first-order valence-electron chi connectivity index (χ1n) is 4.78. The molecule has 2 nitrogen and oxygen atoms in total. The first kappa shape index (κ1) is 9.90. The van der Waals surface area contributed by atoms with E-state index in [2.05, 4.69) is 20.8 Å². The highest BCUT2D eigenvalue weighted by Gasteiger charge is 2.09. The van der Waals surface area contributed by atoms with Crippen molar-refractivity contribution in [2.45, 2.75) is 33.6 Å². The zero-order valence-electron chi connectivity index (χ0n) is 8.65. The summed E-state index contributed by atoms with van der Waals surface area (Å²) in [5, 5.41) is 0. The molecule has 0 fully saturated rings. The maximum atomic E-state index is 5.91. The molecule has 13 heavy (non-hydrogen) atoms. The monoisotopic (exact) mass is 178 g/mol. The third-order valence-corrected chi connectivity index (χ3v) is 2.56. The molecule has 0 amide bonds. The number of rotatable bonds is 2. The SMILES string of the molecule is CCc1c(C)cc(N)c(N)c1CC. The molecule has 1 aromatic rings. The van der Waals surface area contributed by atoms with Crippen molar-refractivity contribution in [1.29, 1.82) is 0 Å². The number of anilines is 2. The zero-order valence-corrected chi connectivity index (χ0v) is 8.65. The van der Waals surface area contributed by atoms with Crippen molar-refractivity contribution in [1.82, 2.24) is 0 Å². The number of hydrogen-bond donors (Lipinski definition) is 2. The van der Waals surface area contributed by atoms with Crippen LogP contribution in [0.15, 0.2) is 6.07 Å². The molecule has 1 rings (SSSR count). The van der Waals surface area contributed by atoms with E-state index in [1.54, 1.807) is 0 Å². The smallest absolute Gasteiger partial charge is 0.0583 e. The normalized spacial score (nSPS) is 10.4. The standard InChI is InChI=1S/C11H18N2/c1-4-8-7(3)6-10(12)11(13)9(8)5-2/h6H,4-5,12-13H2,1-3H3. The van der Waals surface area contributed by atoms with E-state index in [0.29, 0.717) is 5.69 Å². The van der Waals surface area contributed by atoms with Gasteiger partial charge in [0.25, 0.3) is 0 Å². The van der Waals surface area contributed by atoms with Crippen molar-refractivity contribution in [3.63, 3.8) is 0 Å². The zero-order chi connectivity index (χ0) is 10.0. The van der Waals surface area contributed by atoms with Crippen LogP contribution in [0.5, 0.6) is 0 Å². The molecule has 1 aromatic carbocycles. The van der Waals surface area contributed by atoms with Gasteiger partial charge in [0.15, 0.2) is 0 Å². The Balaban J connectivity index is 3.41. The molecule has 0 aliphatic heterocycles. The molecule has 0 saturated carbocycles. The molecule has 0 unspecified atom stereocenters. The van der Waals surface area contributed by atoms with Gasteiger partial charge in [-0.1, -0.05) is 13.8 Å². The van der Waals surface area contributed by atoms with Gasteiger partial charge < -0.3 is 11.5 Å². The van der Waals surface area contributed by atoms with Crippen molar-refractivity contribution in [3.05, 3.63) is 22.8 Å². The molecule has 4 N–H and O–H groups in total. The lowest BCUT2D eigenvalue weighted by Gasteiger charge is -2.14. The number of aryl methyl sites for hydroxylation is 1. The van der Waals surface area contributed by atoms with Gasteiger partial charge in [0.05, 0.1) is 11.4 Å². The van der Waals surface area contributed by atoms with Gasteiger partial charge in [0, 0.05) is 0 Å². The Morgan fingerprint density at radius 3 is 2.08 bits per heavy atom. The second kappa shape index (κ2) is 3.69. The lowest BCUT2D eigenvalue weighted by atomic mass is 9.95. The quantitative estimate of drug-likeness (QED) is 0.683. The Morgan fingerprint density at radius 1 is 1.08 bits per heavy atom. The summed E-state index contributed by atoms with van der Waals surface area (Å²) in [5.74, 6) is 0. The minimum absolute atomic E-state index is 0.714. The Morgan fingerprint density at radius 2 is 1.62 bits per heavy atom. The van der Waals surface area contributed by atoms with Gasteiger partial charge in [-0.15, -0.1) is 0 Å². The third-order valence-electron chi connectivity index (χ3n) is 2.56. The van der Waals surface area contributed by atoms with Crippen LogP contribution in [0.3, 0.4) is 0 Å². The van der Waals surface area contributed by atoms with E-state index in [-0.39, 0.29) is 0 Å². The van der Waals surface area contributed by atoms with E-state index in [1.165, 1.54) is 16.7 Å². The number of benzene rings is 1. The lowest BCUT2D eigenvalue weighted by Crippen LogP contribution is -2.05. The molecule has 0 saturated heterocycles. The first-order valence-corrected chi connectivity index (χ1v) is 4.78. The van der Waals surface area contributed by atoms with Crippen LogP contribution in [-0.4, -0.2) is 0 Å². The van der Waals surface area contributed by atoms with Gasteiger partial charge in [-0.2, -0.15) is 0 Å². The van der Waals surface area contributed by atoms with Crippen molar-refractivity contribution in [3.8, 4) is 0 Å². The highest BCUT2D eigenvalue weighted by atomic mass is 14.7. The topological polar surface area (TPSA) is 52.0 Å². The lowest BCUT2D eigenvalue weighted by molar-refractivity contribution is 1.02. The predicted octanol–water partition coefficient (Wildman–Crippen LogP) is 2.28. The van der Waals surface area contributed by atoms with E-state index in [0.717, 1.165) is 18.5 Å². The molecule has 72 valence electrons. The predicted molar refractivity (Wildman–Crippen MR) is 58.8 cm³/mol. The van der Waals surface area contributed by atoms with Gasteiger partial charge in [-0.05, 0) is 42.5 Å². The fourth-order valence-electron chi connectivity index (χ4n) is 1.87. The van der Waals surface area contributed by atoms with Crippen molar-refractivity contribution >= 4 is 11.4 Å². The molecule has 2 heteroatoms. The molecule has 0 bridgehead atoms. The maximum absolute atomic E-state index is 5.91. The summed E-state index contributed by atoms with van der Waals surface area (Å²) in [6, 6.07) is 1.97. The average molecular weight is 178 g/mol. The fraction of sp³-hybridized carbons (Fsp3) is 0.455. The first-order chi connectivity index (χ1) is 6.11. The van der Waals surface area contributed by atoms with E-state index in [9.17, 15) is 0 Å². The van der Waals surface area contributed by atoms with Crippen LogP contribution in [0.2, 0.25) is 0 Å². The minimum atomic E-state index is 0.714. The van der Waals surface area contributed by atoms with Gasteiger partial charge in [0.1, 0.15) is 0 Å². The molecule has 0 radical (unpaired) electrons. The summed E-state index contributed by atoms with van der Waals surface area (Å²) >= 11 is 0. The van der Waals surface area contributed by atoms with Crippen LogP contribution < -0.4 is 11.5 Å². The van der Waals surface area contributed by atoms with Gasteiger partial charge in [0.2, 0.25) is 0 Å². The van der Waals surface area contributed by atoms with E-state index in [1.807, 2.05) is 6.07 Å². The van der Waals surface area contributed by atoms with Crippen molar-refractivity contribution in [2.24, 2.45) is 0 Å². The summed E-state index contributed by atoms with van der Waals surface area (Å²) in [6.45, 7) is 6.36. The molecular formula is C11H18N2. The highest BCUT2D eigenvalue weighted by molar-refractivity contribution is 5.71. The van der Waals surface area contributed by atoms with Crippen LogP contribution in [0.1, 0.15) is 30.5 Å². The Labute approximate surface area is 79.9 Å². The second-order valence-electron chi connectivity index (χ2n) is 3.36. The molecule has 0 heterocycles. The minimum Gasteiger partial charge on any atom is -0.397 e. The Bertz CT molecular complexity index is 316. The molecular weight excluding hydrogens is 160 g/mol. The maximum Gasteiger partial charge on any atom is 0.0583 e. The average Bonchev–Trinajstić information content (AvgIpc) is 2.10. The third kappa shape index (κ3) is 1.62. The van der Waals surface area contributed by atoms with Crippen molar-refractivity contribution in [2.75, 3.05) is 11.5 Å². The van der Waals surface area contributed by atoms with Crippen LogP contribution >= 0.6 is 0 Å². The number of nitrogen functional groups attached to an aromatic ring is 2. The van der Waals surface area contributed by atoms with Crippen LogP contribution in [0.4, 0.5) is 11.4 Å². The highest BCUT2D eigenvalue weighted by Crippen LogP contribution is 2.27. The summed E-state index contributed by atoms with van der Waals surface area (Å²) < 4.78 is 0. The van der Waals surface area contributed by atoms with Gasteiger partial charge in [-0.25, -0.2) is 0 Å². The van der Waals surface area contributed by atoms with Crippen molar-refractivity contribution < 1.29 is 0 Å². The molecule has 0 atom stereocenters. The Kier molecular flexibility index (Phi) is 2.81. The van der Waals surface area contributed by atoms with Gasteiger partial charge >= 0.3 is 0 Å². The summed E-state index contributed by atoms with van der Waals surface area (Å²) in [5.41, 5.74) is 17.0. The largest absolute Gasteiger partial charge is 0.397 e. The van der Waals surface area contributed by atoms with Crippen LogP contribution in [-0.2, 0) is 12.8 Å². The second-order valence-corrected chi connectivity index (χ2v) is 3.36. The van der Waals surface area contributed by atoms with Crippen LogP contribution in [0.25, 0.3) is 0 Å². The van der Waals surface area contributed by atoms with Crippen LogP contribution in [0, 0.1) is 6.92 Å². The summed E-state index contributed by atoms with van der Waals surface area (Å²) in [7, 11) is 0. The molecule has 0 aromatic heterocycles. The Hall–Kier alpha value is -1.18. The number of hydrogen-bond acceptors (Lipinski definition) is 2. The molecule has 0 spiro atoms.